The SMILES string of the molecule is CC(NC(=O)c1ccnc(F)c1F)c1ccc(F)c(F)c1. The van der Waals surface area contributed by atoms with Gasteiger partial charge in [0.2, 0.25) is 5.95 Å². The summed E-state index contributed by atoms with van der Waals surface area (Å²) in [4.78, 5) is 14.9. The van der Waals surface area contributed by atoms with Gasteiger partial charge in [0.15, 0.2) is 17.5 Å². The average Bonchev–Trinajstić information content (AvgIpc) is 2.44. The van der Waals surface area contributed by atoms with Crippen LogP contribution in [0.3, 0.4) is 0 Å². The first-order valence-corrected chi connectivity index (χ1v) is 5.96. The van der Waals surface area contributed by atoms with Crippen molar-refractivity contribution < 1.29 is 22.4 Å². The van der Waals surface area contributed by atoms with E-state index in [9.17, 15) is 22.4 Å². The van der Waals surface area contributed by atoms with Crippen molar-refractivity contribution in [3.8, 4) is 0 Å². The molecular formula is C14H10F4N2O. The predicted octanol–water partition coefficient (Wildman–Crippen LogP) is 3.13. The van der Waals surface area contributed by atoms with Crippen molar-refractivity contribution in [2.24, 2.45) is 0 Å². The number of aromatic nitrogens is 1. The quantitative estimate of drug-likeness (QED) is 0.699. The van der Waals surface area contributed by atoms with Gasteiger partial charge in [-0.15, -0.1) is 0 Å². The molecular weight excluding hydrogens is 288 g/mol. The van der Waals surface area contributed by atoms with Crippen LogP contribution in [0.15, 0.2) is 30.5 Å². The van der Waals surface area contributed by atoms with Crippen LogP contribution in [0.5, 0.6) is 0 Å². The number of benzene rings is 1. The van der Waals surface area contributed by atoms with Crippen molar-refractivity contribution >= 4 is 5.91 Å². The smallest absolute Gasteiger partial charge is 0.254 e. The van der Waals surface area contributed by atoms with Gasteiger partial charge in [-0.3, -0.25) is 4.79 Å². The Bertz CT molecular complexity index is 691. The molecule has 1 N–H and O–H groups in total. The normalized spacial score (nSPS) is 12.0. The van der Waals surface area contributed by atoms with Crippen molar-refractivity contribution in [3.63, 3.8) is 0 Å². The van der Waals surface area contributed by atoms with E-state index in [0.717, 1.165) is 24.4 Å². The van der Waals surface area contributed by atoms with E-state index >= 15 is 0 Å². The number of amides is 1. The van der Waals surface area contributed by atoms with Crippen LogP contribution in [-0.2, 0) is 0 Å². The second-order valence-electron chi connectivity index (χ2n) is 4.33. The minimum atomic E-state index is -1.39. The Morgan fingerprint density at radius 1 is 1.14 bits per heavy atom. The first-order chi connectivity index (χ1) is 9.90. The summed E-state index contributed by atoms with van der Waals surface area (Å²) in [6.45, 7) is 1.50. The Morgan fingerprint density at radius 3 is 2.52 bits per heavy atom. The largest absolute Gasteiger partial charge is 0.345 e. The van der Waals surface area contributed by atoms with Gasteiger partial charge in [-0.2, -0.15) is 4.39 Å². The summed E-state index contributed by atoms with van der Waals surface area (Å²) in [7, 11) is 0. The Kier molecular flexibility index (Phi) is 4.21. The van der Waals surface area contributed by atoms with E-state index in [-0.39, 0.29) is 5.56 Å². The van der Waals surface area contributed by atoms with E-state index in [1.54, 1.807) is 0 Å². The average molecular weight is 298 g/mol. The van der Waals surface area contributed by atoms with Crippen molar-refractivity contribution in [2.45, 2.75) is 13.0 Å². The third-order valence-corrected chi connectivity index (χ3v) is 2.88. The van der Waals surface area contributed by atoms with Gasteiger partial charge < -0.3 is 5.32 Å². The van der Waals surface area contributed by atoms with Gasteiger partial charge in [-0.1, -0.05) is 6.07 Å². The molecule has 110 valence electrons. The van der Waals surface area contributed by atoms with Crippen LogP contribution in [0.2, 0.25) is 0 Å². The van der Waals surface area contributed by atoms with E-state index in [2.05, 4.69) is 10.3 Å². The number of nitrogens with zero attached hydrogens (tertiary/aromatic N) is 1. The molecule has 1 heterocycles. The van der Waals surface area contributed by atoms with Crippen molar-refractivity contribution in [2.75, 3.05) is 0 Å². The number of rotatable bonds is 3. The molecule has 0 fully saturated rings. The van der Waals surface area contributed by atoms with E-state index in [4.69, 9.17) is 0 Å². The second kappa shape index (κ2) is 5.90. The maximum atomic E-state index is 13.4. The molecule has 3 nitrogen and oxygen atoms in total. The fourth-order valence-electron chi connectivity index (χ4n) is 1.73. The van der Waals surface area contributed by atoms with Gasteiger partial charge in [0, 0.05) is 6.20 Å². The van der Waals surface area contributed by atoms with E-state index in [0.29, 0.717) is 0 Å². The lowest BCUT2D eigenvalue weighted by atomic mass is 10.1. The maximum Gasteiger partial charge on any atom is 0.254 e. The third kappa shape index (κ3) is 3.18. The van der Waals surface area contributed by atoms with Crippen LogP contribution in [0.1, 0.15) is 28.9 Å². The molecule has 0 aliphatic rings. The summed E-state index contributed by atoms with van der Waals surface area (Å²) in [6, 6.07) is 3.42. The molecule has 0 saturated carbocycles. The summed E-state index contributed by atoms with van der Waals surface area (Å²) in [5, 5.41) is 2.36. The highest BCUT2D eigenvalue weighted by atomic mass is 19.2. The van der Waals surface area contributed by atoms with E-state index in [1.165, 1.54) is 13.0 Å². The zero-order valence-electron chi connectivity index (χ0n) is 10.8. The van der Waals surface area contributed by atoms with Gasteiger partial charge in [0.1, 0.15) is 0 Å². The Hall–Kier alpha value is -2.44. The van der Waals surface area contributed by atoms with E-state index < -0.39 is 40.9 Å². The number of carbonyl (C=O) groups excluding carboxylic acids is 1. The number of hydrogen-bond donors (Lipinski definition) is 1. The van der Waals surface area contributed by atoms with Crippen LogP contribution in [0, 0.1) is 23.4 Å². The molecule has 1 amide bonds. The van der Waals surface area contributed by atoms with Crippen LogP contribution < -0.4 is 5.32 Å². The zero-order valence-corrected chi connectivity index (χ0v) is 10.8. The highest BCUT2D eigenvalue weighted by Crippen LogP contribution is 2.17. The Labute approximate surface area is 117 Å². The first kappa shape index (κ1) is 15.0. The van der Waals surface area contributed by atoms with Crippen molar-refractivity contribution in [1.29, 1.82) is 0 Å². The number of nitrogens with one attached hydrogen (secondary N) is 1. The fraction of sp³-hybridized carbons (Fsp3) is 0.143. The highest BCUT2D eigenvalue weighted by molar-refractivity contribution is 5.94. The molecule has 1 aromatic heterocycles. The molecule has 0 bridgehead atoms. The monoisotopic (exact) mass is 298 g/mol. The van der Waals surface area contributed by atoms with Crippen molar-refractivity contribution in [3.05, 3.63) is 65.0 Å². The number of carbonyl (C=O) groups is 1. The predicted molar refractivity (Wildman–Crippen MR) is 66.4 cm³/mol. The molecule has 1 atom stereocenters. The van der Waals surface area contributed by atoms with Crippen LogP contribution >= 0.6 is 0 Å². The molecule has 0 saturated heterocycles. The fourth-order valence-corrected chi connectivity index (χ4v) is 1.73. The lowest BCUT2D eigenvalue weighted by Gasteiger charge is -2.15. The molecule has 2 rings (SSSR count). The molecule has 2 aromatic rings. The first-order valence-electron chi connectivity index (χ1n) is 5.96. The molecule has 1 aromatic carbocycles. The molecule has 0 aliphatic carbocycles. The van der Waals surface area contributed by atoms with Gasteiger partial charge in [-0.05, 0) is 30.7 Å². The molecule has 7 heteroatoms. The lowest BCUT2D eigenvalue weighted by molar-refractivity contribution is 0.0934. The van der Waals surface area contributed by atoms with Crippen LogP contribution in [0.4, 0.5) is 17.6 Å². The maximum absolute atomic E-state index is 13.4. The van der Waals surface area contributed by atoms with Gasteiger partial charge in [0.05, 0.1) is 11.6 Å². The molecule has 0 spiro atoms. The summed E-state index contributed by atoms with van der Waals surface area (Å²) >= 11 is 0. The molecule has 1 unspecified atom stereocenters. The molecule has 0 radical (unpaired) electrons. The van der Waals surface area contributed by atoms with E-state index in [1.807, 2.05) is 0 Å². The standard InChI is InChI=1S/C14H10F4N2O/c1-7(8-2-3-10(15)11(16)6-8)20-14(21)9-4-5-19-13(18)12(9)17/h2-7H,1H3,(H,20,21). The summed E-state index contributed by atoms with van der Waals surface area (Å²) < 4.78 is 52.3. The third-order valence-electron chi connectivity index (χ3n) is 2.88. The number of halogens is 4. The lowest BCUT2D eigenvalue weighted by Crippen LogP contribution is -2.28. The van der Waals surface area contributed by atoms with Crippen molar-refractivity contribution in [1.82, 2.24) is 10.3 Å². The summed E-state index contributed by atoms with van der Waals surface area (Å²) in [5.74, 6) is -5.71. The molecule has 0 aliphatic heterocycles. The molecule has 21 heavy (non-hydrogen) atoms. The Morgan fingerprint density at radius 2 is 1.86 bits per heavy atom. The topological polar surface area (TPSA) is 42.0 Å². The minimum Gasteiger partial charge on any atom is -0.345 e. The van der Waals surface area contributed by atoms with Gasteiger partial charge in [-0.25, -0.2) is 18.2 Å². The summed E-state index contributed by atoms with van der Waals surface area (Å²) in [5.41, 5.74) is -0.228. The van der Waals surface area contributed by atoms with Gasteiger partial charge in [0.25, 0.3) is 5.91 Å². The van der Waals surface area contributed by atoms with Crippen LogP contribution in [-0.4, -0.2) is 10.9 Å². The highest BCUT2D eigenvalue weighted by Gasteiger charge is 2.18. The summed E-state index contributed by atoms with van der Waals surface area (Å²) in [6.07, 6.45) is 0.954. The van der Waals surface area contributed by atoms with Crippen LogP contribution in [0.25, 0.3) is 0 Å². The Balaban J connectivity index is 2.18. The number of hydrogen-bond acceptors (Lipinski definition) is 2. The van der Waals surface area contributed by atoms with Gasteiger partial charge >= 0.3 is 0 Å². The minimum absolute atomic E-state index is 0.289. The number of pyridine rings is 1. The zero-order chi connectivity index (χ0) is 15.6. The second-order valence-corrected chi connectivity index (χ2v) is 4.33.